The van der Waals surface area contributed by atoms with E-state index in [0.29, 0.717) is 0 Å². The number of fused-ring (bicyclic) bond motifs is 1. The van der Waals surface area contributed by atoms with Gasteiger partial charge in [-0.2, -0.15) is 0 Å². The summed E-state index contributed by atoms with van der Waals surface area (Å²) < 4.78 is 0. The molecule has 2 aliphatic rings. The Morgan fingerprint density at radius 2 is 2.22 bits per heavy atom. The SMILES string of the molecule is CNc1ncccc1CN1CCCC2CCCC21. The van der Waals surface area contributed by atoms with E-state index in [1.165, 1.54) is 44.2 Å². The van der Waals surface area contributed by atoms with E-state index in [1.54, 1.807) is 0 Å². The average Bonchev–Trinajstić information content (AvgIpc) is 2.89. The fourth-order valence-corrected chi connectivity index (χ4v) is 3.76. The van der Waals surface area contributed by atoms with Crippen LogP contribution in [0.2, 0.25) is 0 Å². The lowest BCUT2D eigenvalue weighted by molar-refractivity contribution is 0.106. The van der Waals surface area contributed by atoms with Crippen molar-refractivity contribution in [2.75, 3.05) is 18.9 Å². The van der Waals surface area contributed by atoms with Gasteiger partial charge in [0.2, 0.25) is 0 Å². The number of rotatable bonds is 3. The number of hydrogen-bond acceptors (Lipinski definition) is 3. The van der Waals surface area contributed by atoms with E-state index in [2.05, 4.69) is 21.3 Å². The lowest BCUT2D eigenvalue weighted by atomic mass is 9.91. The Bertz CT molecular complexity index is 404. The fraction of sp³-hybridized carbons (Fsp3) is 0.667. The fourth-order valence-electron chi connectivity index (χ4n) is 3.76. The first-order valence-corrected chi connectivity index (χ1v) is 7.24. The monoisotopic (exact) mass is 245 g/mol. The molecule has 1 aliphatic carbocycles. The molecule has 0 aromatic carbocycles. The summed E-state index contributed by atoms with van der Waals surface area (Å²) in [4.78, 5) is 7.10. The maximum absolute atomic E-state index is 4.41. The van der Waals surface area contributed by atoms with Crippen molar-refractivity contribution in [3.05, 3.63) is 23.9 Å². The molecule has 2 fully saturated rings. The van der Waals surface area contributed by atoms with Crippen LogP contribution >= 0.6 is 0 Å². The molecular formula is C15H23N3. The predicted octanol–water partition coefficient (Wildman–Crippen LogP) is 2.89. The van der Waals surface area contributed by atoms with E-state index in [0.717, 1.165) is 24.3 Å². The molecule has 0 amide bonds. The van der Waals surface area contributed by atoms with Gasteiger partial charge in [-0.3, -0.25) is 4.90 Å². The number of piperidine rings is 1. The molecule has 98 valence electrons. The molecule has 1 N–H and O–H groups in total. The Labute approximate surface area is 110 Å². The quantitative estimate of drug-likeness (QED) is 0.887. The molecular weight excluding hydrogens is 222 g/mol. The van der Waals surface area contributed by atoms with Crippen LogP contribution in [-0.2, 0) is 6.54 Å². The largest absolute Gasteiger partial charge is 0.373 e. The molecule has 1 saturated carbocycles. The van der Waals surface area contributed by atoms with E-state index in [-0.39, 0.29) is 0 Å². The van der Waals surface area contributed by atoms with Crippen molar-refractivity contribution in [3.8, 4) is 0 Å². The van der Waals surface area contributed by atoms with Gasteiger partial charge in [-0.05, 0) is 44.2 Å². The number of aromatic nitrogens is 1. The summed E-state index contributed by atoms with van der Waals surface area (Å²) in [5.41, 5.74) is 1.34. The van der Waals surface area contributed by atoms with Crippen molar-refractivity contribution < 1.29 is 0 Å². The Kier molecular flexibility index (Phi) is 3.50. The van der Waals surface area contributed by atoms with Gasteiger partial charge in [-0.25, -0.2) is 4.98 Å². The summed E-state index contributed by atoms with van der Waals surface area (Å²) in [6.07, 6.45) is 8.97. The summed E-state index contributed by atoms with van der Waals surface area (Å²) in [5.74, 6) is 2.01. The van der Waals surface area contributed by atoms with E-state index in [4.69, 9.17) is 0 Å². The second-order valence-electron chi connectivity index (χ2n) is 5.63. The Hall–Kier alpha value is -1.09. The zero-order valence-electron chi connectivity index (χ0n) is 11.2. The third-order valence-electron chi connectivity index (χ3n) is 4.61. The van der Waals surface area contributed by atoms with Crippen LogP contribution in [0.4, 0.5) is 5.82 Å². The average molecular weight is 245 g/mol. The number of anilines is 1. The van der Waals surface area contributed by atoms with Crippen molar-refractivity contribution in [1.82, 2.24) is 9.88 Å². The van der Waals surface area contributed by atoms with Crippen LogP contribution in [0.1, 0.15) is 37.7 Å². The van der Waals surface area contributed by atoms with Crippen LogP contribution in [0.3, 0.4) is 0 Å². The molecule has 0 radical (unpaired) electrons. The number of hydrogen-bond donors (Lipinski definition) is 1. The number of pyridine rings is 1. The molecule has 3 rings (SSSR count). The molecule has 2 unspecified atom stereocenters. The molecule has 1 aromatic rings. The van der Waals surface area contributed by atoms with Gasteiger partial charge in [0, 0.05) is 31.4 Å². The van der Waals surface area contributed by atoms with Gasteiger partial charge in [0.05, 0.1) is 0 Å². The highest BCUT2D eigenvalue weighted by Gasteiger charge is 2.34. The topological polar surface area (TPSA) is 28.2 Å². The minimum Gasteiger partial charge on any atom is -0.373 e. The lowest BCUT2D eigenvalue weighted by Crippen LogP contribution is -2.42. The summed E-state index contributed by atoms with van der Waals surface area (Å²) in [6.45, 7) is 2.32. The van der Waals surface area contributed by atoms with Crippen LogP contribution in [0, 0.1) is 5.92 Å². The Morgan fingerprint density at radius 3 is 3.11 bits per heavy atom. The Balaban J connectivity index is 1.75. The molecule has 1 saturated heterocycles. The molecule has 2 atom stereocenters. The van der Waals surface area contributed by atoms with Crippen LogP contribution in [0.5, 0.6) is 0 Å². The first-order chi connectivity index (χ1) is 8.88. The molecule has 0 spiro atoms. The molecule has 1 aromatic heterocycles. The van der Waals surface area contributed by atoms with E-state index < -0.39 is 0 Å². The van der Waals surface area contributed by atoms with Crippen molar-refractivity contribution in [3.63, 3.8) is 0 Å². The minimum absolute atomic E-state index is 0.837. The maximum atomic E-state index is 4.41. The molecule has 3 nitrogen and oxygen atoms in total. The van der Waals surface area contributed by atoms with Gasteiger partial charge < -0.3 is 5.32 Å². The molecule has 18 heavy (non-hydrogen) atoms. The van der Waals surface area contributed by atoms with Crippen LogP contribution in [0.15, 0.2) is 18.3 Å². The standard InChI is InChI=1S/C15H23N3/c1-16-15-13(6-3-9-17-15)11-18-10-4-7-12-5-2-8-14(12)18/h3,6,9,12,14H,2,4-5,7-8,10-11H2,1H3,(H,16,17). The zero-order valence-corrected chi connectivity index (χ0v) is 11.2. The maximum Gasteiger partial charge on any atom is 0.130 e. The van der Waals surface area contributed by atoms with Crippen LogP contribution in [0.25, 0.3) is 0 Å². The summed E-state index contributed by atoms with van der Waals surface area (Å²) >= 11 is 0. The van der Waals surface area contributed by atoms with Gasteiger partial charge in [0.1, 0.15) is 5.82 Å². The highest BCUT2D eigenvalue weighted by molar-refractivity contribution is 5.42. The van der Waals surface area contributed by atoms with Gasteiger partial charge in [-0.15, -0.1) is 0 Å². The summed E-state index contributed by atoms with van der Waals surface area (Å²) in [7, 11) is 1.96. The van der Waals surface area contributed by atoms with Gasteiger partial charge in [-0.1, -0.05) is 12.5 Å². The summed E-state index contributed by atoms with van der Waals surface area (Å²) in [6, 6.07) is 5.09. The highest BCUT2D eigenvalue weighted by Crippen LogP contribution is 2.37. The molecule has 0 bridgehead atoms. The summed E-state index contributed by atoms with van der Waals surface area (Å²) in [5, 5.41) is 3.21. The Morgan fingerprint density at radius 1 is 1.33 bits per heavy atom. The van der Waals surface area contributed by atoms with Gasteiger partial charge in [0.25, 0.3) is 0 Å². The third-order valence-corrected chi connectivity index (χ3v) is 4.61. The second kappa shape index (κ2) is 5.27. The predicted molar refractivity (Wildman–Crippen MR) is 74.6 cm³/mol. The van der Waals surface area contributed by atoms with Gasteiger partial charge in [0.15, 0.2) is 0 Å². The first kappa shape index (κ1) is 12.0. The van der Waals surface area contributed by atoms with Crippen LogP contribution in [-0.4, -0.2) is 29.5 Å². The minimum atomic E-state index is 0.837. The number of nitrogens with zero attached hydrogens (tertiary/aromatic N) is 2. The van der Waals surface area contributed by atoms with E-state index >= 15 is 0 Å². The normalized spacial score (nSPS) is 28.1. The van der Waals surface area contributed by atoms with Crippen molar-refractivity contribution in [1.29, 1.82) is 0 Å². The molecule has 1 aliphatic heterocycles. The van der Waals surface area contributed by atoms with Crippen LogP contribution < -0.4 is 5.32 Å². The first-order valence-electron chi connectivity index (χ1n) is 7.24. The van der Waals surface area contributed by atoms with Crippen molar-refractivity contribution >= 4 is 5.82 Å². The number of likely N-dealkylation sites (tertiary alicyclic amines) is 1. The van der Waals surface area contributed by atoms with Crippen molar-refractivity contribution in [2.24, 2.45) is 5.92 Å². The third kappa shape index (κ3) is 2.24. The van der Waals surface area contributed by atoms with E-state index in [1.807, 2.05) is 19.3 Å². The molecule has 2 heterocycles. The molecule has 3 heteroatoms. The highest BCUT2D eigenvalue weighted by atomic mass is 15.2. The number of nitrogens with one attached hydrogen (secondary N) is 1. The van der Waals surface area contributed by atoms with E-state index in [9.17, 15) is 0 Å². The van der Waals surface area contributed by atoms with Gasteiger partial charge >= 0.3 is 0 Å². The second-order valence-corrected chi connectivity index (χ2v) is 5.63. The van der Waals surface area contributed by atoms with Crippen molar-refractivity contribution in [2.45, 2.75) is 44.7 Å². The smallest absolute Gasteiger partial charge is 0.130 e. The lowest BCUT2D eigenvalue weighted by Gasteiger charge is -2.38. The zero-order chi connectivity index (χ0) is 12.4.